The van der Waals surface area contributed by atoms with Crippen molar-refractivity contribution in [2.75, 3.05) is 13.2 Å². The molecule has 27 heavy (non-hydrogen) atoms. The third kappa shape index (κ3) is 3.18. The van der Waals surface area contributed by atoms with Crippen molar-refractivity contribution in [3.63, 3.8) is 0 Å². The Morgan fingerprint density at radius 1 is 1.11 bits per heavy atom. The Kier molecular flexibility index (Phi) is 4.77. The molecule has 2 aromatic carbocycles. The molecular formula is C22H27ClO4. The van der Waals surface area contributed by atoms with Crippen LogP contribution in [0.25, 0.3) is 10.8 Å². The van der Waals surface area contributed by atoms with Crippen LogP contribution in [0.2, 0.25) is 5.02 Å². The standard InChI is InChI=1S/C22H27ClO4/c1-12(24)10-26-20-17-8-15(23)4-5-16(17)21(27-11-13(2)25)19-18(20)14-6-7-22(19,3)9-14/h4-5,8,12-14,24-25H,6-7,9-11H2,1-3H3. The van der Waals surface area contributed by atoms with Gasteiger partial charge in [-0.25, -0.2) is 0 Å². The summed E-state index contributed by atoms with van der Waals surface area (Å²) in [6.07, 6.45) is 2.26. The molecule has 0 heterocycles. The van der Waals surface area contributed by atoms with Gasteiger partial charge in [-0.15, -0.1) is 0 Å². The highest BCUT2D eigenvalue weighted by Crippen LogP contribution is 2.64. The van der Waals surface area contributed by atoms with Crippen LogP contribution in [0.4, 0.5) is 0 Å². The second kappa shape index (κ2) is 6.84. The van der Waals surface area contributed by atoms with E-state index in [1.54, 1.807) is 13.8 Å². The zero-order chi connectivity index (χ0) is 19.3. The summed E-state index contributed by atoms with van der Waals surface area (Å²) in [7, 11) is 0. The summed E-state index contributed by atoms with van der Waals surface area (Å²) in [6.45, 7) is 6.24. The Balaban J connectivity index is 1.98. The van der Waals surface area contributed by atoms with Gasteiger partial charge in [-0.1, -0.05) is 18.5 Å². The third-order valence-corrected chi connectivity index (χ3v) is 6.14. The first-order valence-electron chi connectivity index (χ1n) is 9.71. The zero-order valence-electron chi connectivity index (χ0n) is 16.1. The molecule has 2 aromatic rings. The van der Waals surface area contributed by atoms with Crippen LogP contribution < -0.4 is 9.47 Å². The van der Waals surface area contributed by atoms with Crippen molar-refractivity contribution < 1.29 is 19.7 Å². The number of hydrogen-bond acceptors (Lipinski definition) is 4. The van der Waals surface area contributed by atoms with Crippen LogP contribution >= 0.6 is 11.6 Å². The van der Waals surface area contributed by atoms with Crippen LogP contribution in [0.5, 0.6) is 11.5 Å². The molecule has 4 unspecified atom stereocenters. The second-order valence-electron chi connectivity index (χ2n) is 8.46. The van der Waals surface area contributed by atoms with Crippen LogP contribution in [-0.2, 0) is 5.41 Å². The van der Waals surface area contributed by atoms with Gasteiger partial charge in [0.15, 0.2) is 0 Å². The Hall–Kier alpha value is -1.49. The van der Waals surface area contributed by atoms with Gasteiger partial charge in [0, 0.05) is 26.9 Å². The molecule has 4 atom stereocenters. The fourth-order valence-corrected chi connectivity index (χ4v) is 5.01. The zero-order valence-corrected chi connectivity index (χ0v) is 16.8. The van der Waals surface area contributed by atoms with Crippen molar-refractivity contribution in [3.8, 4) is 11.5 Å². The highest BCUT2D eigenvalue weighted by atomic mass is 35.5. The van der Waals surface area contributed by atoms with Crippen molar-refractivity contribution in [2.45, 2.75) is 63.6 Å². The minimum Gasteiger partial charge on any atom is -0.490 e. The molecule has 0 radical (unpaired) electrons. The second-order valence-corrected chi connectivity index (χ2v) is 8.89. The molecule has 1 saturated carbocycles. The SMILES string of the molecule is CC(O)COc1c2c(c(OCC(C)O)c3ccc(Cl)cc13)C1(C)CCC2C1. The molecule has 0 aromatic heterocycles. The van der Waals surface area contributed by atoms with Crippen molar-refractivity contribution in [1.29, 1.82) is 0 Å². The molecule has 2 N–H and O–H groups in total. The summed E-state index contributed by atoms with van der Waals surface area (Å²) in [5, 5.41) is 22.1. The van der Waals surface area contributed by atoms with E-state index in [0.29, 0.717) is 10.9 Å². The van der Waals surface area contributed by atoms with E-state index in [9.17, 15) is 10.2 Å². The Labute approximate surface area is 165 Å². The summed E-state index contributed by atoms with van der Waals surface area (Å²) in [5.74, 6) is 2.12. The number of benzene rings is 2. The van der Waals surface area contributed by atoms with E-state index in [4.69, 9.17) is 21.1 Å². The van der Waals surface area contributed by atoms with Gasteiger partial charge in [0.25, 0.3) is 0 Å². The van der Waals surface area contributed by atoms with Gasteiger partial charge in [0.1, 0.15) is 24.7 Å². The van der Waals surface area contributed by atoms with Crippen molar-refractivity contribution in [3.05, 3.63) is 34.3 Å². The Bertz CT molecular complexity index is 876. The average Bonchev–Trinajstić information content (AvgIpc) is 3.12. The lowest BCUT2D eigenvalue weighted by Gasteiger charge is -2.30. The molecule has 2 bridgehead atoms. The van der Waals surface area contributed by atoms with Crippen LogP contribution in [0.1, 0.15) is 57.1 Å². The predicted octanol–water partition coefficient (Wildman–Crippen LogP) is 4.55. The molecule has 4 rings (SSSR count). The first-order valence-corrected chi connectivity index (χ1v) is 10.1. The molecule has 2 aliphatic carbocycles. The highest BCUT2D eigenvalue weighted by Gasteiger charge is 2.50. The minimum atomic E-state index is -0.546. The van der Waals surface area contributed by atoms with E-state index in [1.165, 1.54) is 11.1 Å². The topological polar surface area (TPSA) is 58.9 Å². The van der Waals surface area contributed by atoms with Crippen LogP contribution in [-0.4, -0.2) is 35.6 Å². The first-order chi connectivity index (χ1) is 12.8. The van der Waals surface area contributed by atoms with E-state index in [2.05, 4.69) is 6.92 Å². The van der Waals surface area contributed by atoms with Crippen molar-refractivity contribution in [1.82, 2.24) is 0 Å². The molecule has 5 heteroatoms. The Morgan fingerprint density at radius 3 is 2.44 bits per heavy atom. The van der Waals surface area contributed by atoms with Gasteiger partial charge < -0.3 is 19.7 Å². The number of ether oxygens (including phenoxy) is 2. The molecule has 4 nitrogen and oxygen atoms in total. The van der Waals surface area contributed by atoms with E-state index in [0.717, 1.165) is 41.5 Å². The first kappa shape index (κ1) is 18.9. The lowest BCUT2D eigenvalue weighted by molar-refractivity contribution is 0.120. The van der Waals surface area contributed by atoms with E-state index < -0.39 is 12.2 Å². The molecule has 146 valence electrons. The van der Waals surface area contributed by atoms with Crippen molar-refractivity contribution >= 4 is 22.4 Å². The average molecular weight is 391 g/mol. The molecular weight excluding hydrogens is 364 g/mol. The molecule has 2 aliphatic rings. The lowest BCUT2D eigenvalue weighted by Crippen LogP contribution is -2.21. The van der Waals surface area contributed by atoms with E-state index in [1.807, 2.05) is 18.2 Å². The van der Waals surface area contributed by atoms with Crippen LogP contribution in [0, 0.1) is 0 Å². The van der Waals surface area contributed by atoms with Gasteiger partial charge in [0.05, 0.1) is 12.2 Å². The largest absolute Gasteiger partial charge is 0.490 e. The molecule has 0 spiro atoms. The quantitative estimate of drug-likeness (QED) is 0.759. The van der Waals surface area contributed by atoms with Gasteiger partial charge in [-0.2, -0.15) is 0 Å². The minimum absolute atomic E-state index is 0.0603. The van der Waals surface area contributed by atoms with Crippen LogP contribution in [0.3, 0.4) is 0 Å². The number of aliphatic hydroxyl groups excluding tert-OH is 2. The maximum Gasteiger partial charge on any atom is 0.131 e. The number of fused-ring (bicyclic) bond motifs is 6. The van der Waals surface area contributed by atoms with Crippen molar-refractivity contribution in [2.24, 2.45) is 0 Å². The number of hydrogen-bond donors (Lipinski definition) is 2. The summed E-state index contributed by atoms with van der Waals surface area (Å²) < 4.78 is 12.3. The number of aliphatic hydroxyl groups is 2. The van der Waals surface area contributed by atoms with E-state index in [-0.39, 0.29) is 18.6 Å². The molecule has 0 aliphatic heterocycles. The smallest absolute Gasteiger partial charge is 0.131 e. The van der Waals surface area contributed by atoms with E-state index >= 15 is 0 Å². The van der Waals surface area contributed by atoms with Gasteiger partial charge in [-0.05, 0) is 62.6 Å². The normalized spacial score (nSPS) is 25.5. The maximum absolute atomic E-state index is 9.78. The summed E-state index contributed by atoms with van der Waals surface area (Å²) >= 11 is 6.30. The monoisotopic (exact) mass is 390 g/mol. The van der Waals surface area contributed by atoms with Crippen LogP contribution in [0.15, 0.2) is 18.2 Å². The van der Waals surface area contributed by atoms with Gasteiger partial charge in [0.2, 0.25) is 0 Å². The molecule has 0 saturated heterocycles. The van der Waals surface area contributed by atoms with Gasteiger partial charge in [-0.3, -0.25) is 0 Å². The molecule has 1 fully saturated rings. The third-order valence-electron chi connectivity index (χ3n) is 5.90. The van der Waals surface area contributed by atoms with Gasteiger partial charge >= 0.3 is 0 Å². The Morgan fingerprint density at radius 2 is 1.78 bits per heavy atom. The fraction of sp³-hybridized carbons (Fsp3) is 0.545. The predicted molar refractivity (Wildman–Crippen MR) is 107 cm³/mol. The highest BCUT2D eigenvalue weighted by molar-refractivity contribution is 6.31. The molecule has 0 amide bonds. The summed E-state index contributed by atoms with van der Waals surface area (Å²) in [6, 6.07) is 5.75. The summed E-state index contributed by atoms with van der Waals surface area (Å²) in [4.78, 5) is 0. The number of rotatable bonds is 6. The number of halogens is 1. The lowest BCUT2D eigenvalue weighted by atomic mass is 9.78. The summed E-state index contributed by atoms with van der Waals surface area (Å²) in [5.41, 5.74) is 2.49. The maximum atomic E-state index is 9.78. The fourth-order valence-electron chi connectivity index (χ4n) is 4.83.